The van der Waals surface area contributed by atoms with Crippen molar-refractivity contribution in [2.45, 2.75) is 13.0 Å². The summed E-state index contributed by atoms with van der Waals surface area (Å²) in [6.07, 6.45) is 9.77. The highest BCUT2D eigenvalue weighted by Gasteiger charge is 2.19. The molecule has 4 aromatic heterocycles. The number of amides is 1. The average molecular weight is 390 g/mol. The molecular weight excluding hydrogens is 368 g/mol. The first-order valence-corrected chi connectivity index (χ1v) is 9.41. The number of hydrogen-bond acceptors (Lipinski definition) is 5. The van der Waals surface area contributed by atoms with Crippen LogP contribution >= 0.6 is 0 Å². The molecule has 0 atom stereocenters. The molecule has 0 spiro atoms. The predicted octanol–water partition coefficient (Wildman–Crippen LogP) is 2.21. The second-order valence-electron chi connectivity index (χ2n) is 6.59. The van der Waals surface area contributed by atoms with Gasteiger partial charge in [-0.05, 0) is 36.2 Å². The fourth-order valence-electron chi connectivity index (χ4n) is 3.13. The van der Waals surface area contributed by atoms with Crippen molar-refractivity contribution in [3.8, 4) is 11.5 Å². The summed E-state index contributed by atoms with van der Waals surface area (Å²) in [6, 6.07) is 9.57. The van der Waals surface area contributed by atoms with Crippen LogP contribution < -0.4 is 5.32 Å². The highest BCUT2D eigenvalue weighted by atomic mass is 16.5. The Kier molecular flexibility index (Phi) is 5.62. The second kappa shape index (κ2) is 8.66. The van der Waals surface area contributed by atoms with Crippen LogP contribution in [0.15, 0.2) is 61.4 Å². The molecular formula is C21H22N6O2. The van der Waals surface area contributed by atoms with E-state index in [4.69, 9.17) is 4.74 Å². The Labute approximate surface area is 168 Å². The number of carbonyl (C=O) groups is 1. The minimum Gasteiger partial charge on any atom is -0.383 e. The average Bonchev–Trinajstić information content (AvgIpc) is 3.37. The molecule has 8 heteroatoms. The minimum absolute atomic E-state index is 0.201. The minimum atomic E-state index is -0.201. The Morgan fingerprint density at radius 2 is 2.07 bits per heavy atom. The van der Waals surface area contributed by atoms with Crippen molar-refractivity contribution in [3.63, 3.8) is 0 Å². The topological polar surface area (TPSA) is 86.3 Å². The van der Waals surface area contributed by atoms with Crippen LogP contribution in [0.2, 0.25) is 0 Å². The van der Waals surface area contributed by atoms with Gasteiger partial charge in [0.05, 0.1) is 18.5 Å². The number of nitrogens with zero attached hydrogens (tertiary/aromatic N) is 5. The zero-order valence-electron chi connectivity index (χ0n) is 16.2. The van der Waals surface area contributed by atoms with Gasteiger partial charge in [-0.1, -0.05) is 6.07 Å². The Bertz CT molecular complexity index is 1100. The number of hydrogen-bond donors (Lipinski definition) is 1. The molecule has 0 aliphatic carbocycles. The van der Waals surface area contributed by atoms with E-state index in [0.29, 0.717) is 36.9 Å². The molecule has 4 rings (SSSR count). The van der Waals surface area contributed by atoms with Gasteiger partial charge in [0.1, 0.15) is 5.69 Å². The summed E-state index contributed by atoms with van der Waals surface area (Å²) < 4.78 is 8.94. The van der Waals surface area contributed by atoms with E-state index in [1.165, 1.54) is 0 Å². The maximum atomic E-state index is 12.8. The van der Waals surface area contributed by atoms with Crippen LogP contribution in [-0.4, -0.2) is 50.1 Å². The van der Waals surface area contributed by atoms with E-state index in [2.05, 4.69) is 20.3 Å². The van der Waals surface area contributed by atoms with E-state index >= 15 is 0 Å². The van der Waals surface area contributed by atoms with E-state index in [0.717, 1.165) is 17.5 Å². The van der Waals surface area contributed by atoms with Gasteiger partial charge in [0.15, 0.2) is 11.5 Å². The van der Waals surface area contributed by atoms with Crippen LogP contribution in [-0.2, 0) is 17.7 Å². The number of carbonyl (C=O) groups excluding carboxylic acids is 1. The van der Waals surface area contributed by atoms with Gasteiger partial charge in [-0.25, -0.2) is 9.97 Å². The summed E-state index contributed by atoms with van der Waals surface area (Å²) in [7, 11) is 1.67. The lowest BCUT2D eigenvalue weighted by Crippen LogP contribution is -2.26. The van der Waals surface area contributed by atoms with Crippen LogP contribution in [0.5, 0.6) is 0 Å². The van der Waals surface area contributed by atoms with Gasteiger partial charge in [-0.15, -0.1) is 0 Å². The molecule has 0 fully saturated rings. The van der Waals surface area contributed by atoms with Gasteiger partial charge < -0.3 is 14.6 Å². The van der Waals surface area contributed by atoms with Gasteiger partial charge in [0.2, 0.25) is 0 Å². The Morgan fingerprint density at radius 3 is 2.90 bits per heavy atom. The third-order valence-corrected chi connectivity index (χ3v) is 4.63. The lowest BCUT2D eigenvalue weighted by molar-refractivity contribution is 0.0951. The van der Waals surface area contributed by atoms with Gasteiger partial charge in [0.25, 0.3) is 5.91 Å². The molecule has 0 aliphatic heterocycles. The monoisotopic (exact) mass is 390 g/mol. The molecule has 0 aromatic carbocycles. The molecule has 0 saturated heterocycles. The Hall–Kier alpha value is -3.52. The third kappa shape index (κ3) is 4.17. The van der Waals surface area contributed by atoms with E-state index in [1.54, 1.807) is 25.8 Å². The summed E-state index contributed by atoms with van der Waals surface area (Å²) >= 11 is 0. The van der Waals surface area contributed by atoms with Crippen molar-refractivity contribution in [2.24, 2.45) is 0 Å². The third-order valence-electron chi connectivity index (χ3n) is 4.63. The number of ether oxygens (including phenoxy) is 1. The molecule has 4 aromatic rings. The van der Waals surface area contributed by atoms with Crippen LogP contribution in [0.1, 0.15) is 16.1 Å². The molecule has 8 nitrogen and oxygen atoms in total. The molecule has 0 bridgehead atoms. The van der Waals surface area contributed by atoms with Crippen molar-refractivity contribution in [2.75, 3.05) is 20.3 Å². The van der Waals surface area contributed by atoms with Gasteiger partial charge in [-0.2, -0.15) is 0 Å². The predicted molar refractivity (Wildman–Crippen MR) is 109 cm³/mol. The molecule has 0 unspecified atom stereocenters. The molecule has 29 heavy (non-hydrogen) atoms. The van der Waals surface area contributed by atoms with Crippen LogP contribution in [0.3, 0.4) is 0 Å². The van der Waals surface area contributed by atoms with E-state index in [1.807, 2.05) is 51.7 Å². The summed E-state index contributed by atoms with van der Waals surface area (Å²) in [5.74, 6) is 0.434. The van der Waals surface area contributed by atoms with E-state index in [-0.39, 0.29) is 5.91 Å². The number of rotatable bonds is 8. The fraction of sp³-hybridized carbons (Fsp3) is 0.238. The highest BCUT2D eigenvalue weighted by Crippen LogP contribution is 2.21. The zero-order chi connectivity index (χ0) is 20.1. The summed E-state index contributed by atoms with van der Waals surface area (Å²) in [6.45, 7) is 1.83. The molecule has 4 heterocycles. The van der Waals surface area contributed by atoms with Crippen molar-refractivity contribution in [1.82, 2.24) is 29.2 Å². The summed E-state index contributed by atoms with van der Waals surface area (Å²) in [5.41, 5.74) is 2.97. The number of fused-ring (bicyclic) bond motifs is 1. The zero-order valence-corrected chi connectivity index (χ0v) is 16.2. The molecule has 1 amide bonds. The maximum absolute atomic E-state index is 12.8. The number of methoxy groups -OCH3 is 1. The van der Waals surface area contributed by atoms with E-state index in [9.17, 15) is 4.79 Å². The molecule has 1 N–H and O–H groups in total. The van der Waals surface area contributed by atoms with Crippen molar-refractivity contribution >= 4 is 11.4 Å². The van der Waals surface area contributed by atoms with Crippen molar-refractivity contribution in [1.29, 1.82) is 0 Å². The summed E-state index contributed by atoms with van der Waals surface area (Å²) in [4.78, 5) is 25.9. The first-order valence-electron chi connectivity index (χ1n) is 9.41. The highest BCUT2D eigenvalue weighted by molar-refractivity contribution is 5.99. The second-order valence-corrected chi connectivity index (χ2v) is 6.59. The molecule has 0 saturated carbocycles. The number of imidazole rings is 2. The number of nitrogens with one attached hydrogen (secondary N) is 1. The van der Waals surface area contributed by atoms with Crippen molar-refractivity contribution < 1.29 is 9.53 Å². The number of pyridine rings is 2. The SMILES string of the molecule is COCCn1cnc(-c2nc(C(=O)NCCc3ccncc3)c3ccccn23)c1. The van der Waals surface area contributed by atoms with Crippen LogP contribution in [0.25, 0.3) is 17.0 Å². The lowest BCUT2D eigenvalue weighted by Gasteiger charge is -2.03. The Morgan fingerprint density at radius 1 is 1.21 bits per heavy atom. The molecule has 148 valence electrons. The van der Waals surface area contributed by atoms with Gasteiger partial charge >= 0.3 is 0 Å². The fourth-order valence-corrected chi connectivity index (χ4v) is 3.13. The first kappa shape index (κ1) is 18.8. The van der Waals surface area contributed by atoms with Gasteiger partial charge in [0, 0.05) is 45.0 Å². The van der Waals surface area contributed by atoms with Gasteiger partial charge in [-0.3, -0.25) is 14.2 Å². The normalized spacial score (nSPS) is 11.1. The largest absolute Gasteiger partial charge is 0.383 e. The van der Waals surface area contributed by atoms with E-state index < -0.39 is 0 Å². The lowest BCUT2D eigenvalue weighted by atomic mass is 10.2. The summed E-state index contributed by atoms with van der Waals surface area (Å²) in [5, 5.41) is 2.96. The van der Waals surface area contributed by atoms with Crippen molar-refractivity contribution in [3.05, 3.63) is 72.7 Å². The number of aromatic nitrogens is 5. The molecule has 0 radical (unpaired) electrons. The molecule has 0 aliphatic rings. The maximum Gasteiger partial charge on any atom is 0.272 e. The smallest absolute Gasteiger partial charge is 0.272 e. The quantitative estimate of drug-likeness (QED) is 0.499. The Balaban J connectivity index is 1.55. The standard InChI is InChI=1S/C21H22N6O2/c1-29-13-12-26-14-17(24-15-26)20-25-19(18-4-2-3-11-27(18)20)21(28)23-10-7-16-5-8-22-9-6-16/h2-6,8-9,11,14-15H,7,10,12-13H2,1H3,(H,23,28). The van der Waals surface area contributed by atoms with Crippen LogP contribution in [0, 0.1) is 0 Å². The van der Waals surface area contributed by atoms with Crippen LogP contribution in [0.4, 0.5) is 0 Å². The first-order chi connectivity index (χ1) is 14.3.